The van der Waals surface area contributed by atoms with E-state index in [1.54, 1.807) is 0 Å². The smallest absolute Gasteiger partial charge is 0.164 e. The Balaban J connectivity index is 1.07. The van der Waals surface area contributed by atoms with Crippen LogP contribution in [0.15, 0.2) is 206 Å². The highest BCUT2D eigenvalue weighted by Gasteiger charge is 2.53. The molecule has 59 heavy (non-hydrogen) atoms. The highest BCUT2D eigenvalue weighted by atomic mass is 15.0. The number of benzene rings is 8. The van der Waals surface area contributed by atoms with E-state index in [-0.39, 0.29) is 0 Å². The van der Waals surface area contributed by atoms with Crippen molar-refractivity contribution in [2.24, 2.45) is 0 Å². The highest BCUT2D eigenvalue weighted by Crippen LogP contribution is 2.66. The second kappa shape index (κ2) is 13.1. The first kappa shape index (κ1) is 33.3. The third-order valence-electron chi connectivity index (χ3n) is 12.1. The van der Waals surface area contributed by atoms with Gasteiger partial charge >= 0.3 is 0 Å². The molecule has 8 aromatic carbocycles. The number of pyridine rings is 1. The predicted molar refractivity (Wildman–Crippen MR) is 239 cm³/mol. The molecule has 0 amide bonds. The van der Waals surface area contributed by atoms with Crippen LogP contribution in [0.4, 0.5) is 0 Å². The maximum atomic E-state index is 5.41. The van der Waals surface area contributed by atoms with Gasteiger partial charge in [-0.1, -0.05) is 200 Å². The fraction of sp³-hybridized carbons (Fsp3) is 0.0182. The lowest BCUT2D eigenvalue weighted by Gasteiger charge is -2.31. The highest BCUT2D eigenvalue weighted by molar-refractivity contribution is 6.08. The molecular formula is C55H34N4. The molecule has 0 bridgehead atoms. The van der Waals surface area contributed by atoms with Gasteiger partial charge in [-0.2, -0.15) is 0 Å². The van der Waals surface area contributed by atoms with Crippen molar-refractivity contribution in [1.82, 2.24) is 19.9 Å². The van der Waals surface area contributed by atoms with E-state index in [4.69, 9.17) is 19.9 Å². The van der Waals surface area contributed by atoms with Crippen molar-refractivity contribution in [1.29, 1.82) is 0 Å². The Morgan fingerprint density at radius 3 is 1.34 bits per heavy atom. The molecule has 1 atom stereocenters. The molecular weight excluding hydrogens is 717 g/mol. The van der Waals surface area contributed by atoms with Gasteiger partial charge in [0, 0.05) is 33.2 Å². The normalized spacial score (nSPS) is 14.5. The summed E-state index contributed by atoms with van der Waals surface area (Å²) in [6.07, 6.45) is 0. The molecule has 1 unspecified atom stereocenters. The zero-order valence-electron chi connectivity index (χ0n) is 31.9. The molecule has 0 aliphatic heterocycles. The van der Waals surface area contributed by atoms with Crippen LogP contribution in [0.3, 0.4) is 0 Å². The summed E-state index contributed by atoms with van der Waals surface area (Å²) < 4.78 is 0. The minimum absolute atomic E-state index is 0.549. The fourth-order valence-electron chi connectivity index (χ4n) is 9.70. The molecule has 12 rings (SSSR count). The van der Waals surface area contributed by atoms with Crippen molar-refractivity contribution in [3.63, 3.8) is 0 Å². The van der Waals surface area contributed by atoms with Crippen LogP contribution in [-0.4, -0.2) is 19.9 Å². The summed E-state index contributed by atoms with van der Waals surface area (Å²) in [5.41, 5.74) is 17.9. The number of hydrogen-bond acceptors (Lipinski definition) is 4. The first-order valence-corrected chi connectivity index (χ1v) is 20.1. The predicted octanol–water partition coefficient (Wildman–Crippen LogP) is 13.1. The zero-order chi connectivity index (χ0) is 38.9. The van der Waals surface area contributed by atoms with Crippen LogP contribution in [-0.2, 0) is 5.41 Å². The monoisotopic (exact) mass is 750 g/mol. The van der Waals surface area contributed by atoms with Crippen LogP contribution in [0.1, 0.15) is 22.3 Å². The van der Waals surface area contributed by atoms with E-state index in [0.717, 1.165) is 39.0 Å². The fourth-order valence-corrected chi connectivity index (χ4v) is 9.70. The Morgan fingerprint density at radius 1 is 0.288 bits per heavy atom. The Hall–Kier alpha value is -7.82. The van der Waals surface area contributed by atoms with Gasteiger partial charge in [-0.25, -0.2) is 19.9 Å². The minimum atomic E-state index is -0.549. The summed E-state index contributed by atoms with van der Waals surface area (Å²) >= 11 is 0. The number of nitrogens with zero attached hydrogens (tertiary/aromatic N) is 4. The van der Waals surface area contributed by atoms with Crippen LogP contribution in [0.25, 0.3) is 89.7 Å². The van der Waals surface area contributed by atoms with Gasteiger partial charge in [0.1, 0.15) is 0 Å². The van der Waals surface area contributed by atoms with Crippen molar-refractivity contribution in [2.75, 3.05) is 0 Å². The third kappa shape index (κ3) is 4.96. The quantitative estimate of drug-likeness (QED) is 0.176. The van der Waals surface area contributed by atoms with Gasteiger partial charge < -0.3 is 0 Å². The molecule has 0 saturated heterocycles. The van der Waals surface area contributed by atoms with E-state index in [1.807, 2.05) is 60.7 Å². The minimum Gasteiger partial charge on any atom is -0.247 e. The largest absolute Gasteiger partial charge is 0.247 e. The number of para-hydroxylation sites is 1. The SMILES string of the molecule is c1ccc(-c2nc(-c3ccccc3)nc(-c3ccc(-c4cccc5c4-c4ccccc4C54c5ccccc5-c5c(-c6ccccc6)nc6ccccc6c54)cc3)n2)cc1. The lowest BCUT2D eigenvalue weighted by atomic mass is 9.69. The average molecular weight is 751 g/mol. The maximum Gasteiger partial charge on any atom is 0.164 e. The summed E-state index contributed by atoms with van der Waals surface area (Å²) in [6, 6.07) is 73.2. The number of fused-ring (bicyclic) bond motifs is 12. The average Bonchev–Trinajstić information content (AvgIpc) is 3.80. The molecule has 4 heteroatoms. The van der Waals surface area contributed by atoms with Crippen LogP contribution in [0.5, 0.6) is 0 Å². The van der Waals surface area contributed by atoms with E-state index in [2.05, 4.69) is 146 Å². The first-order valence-electron chi connectivity index (χ1n) is 20.1. The lowest BCUT2D eigenvalue weighted by molar-refractivity contribution is 0.801. The van der Waals surface area contributed by atoms with Crippen LogP contribution in [0, 0.1) is 0 Å². The molecule has 274 valence electrons. The standard InChI is InChI=1S/C55H34N4/c1-4-17-36(18-5-1)51-49-42-24-11-14-28-45(42)55(50(49)43-25-12-15-30-47(43)56-51)44-27-13-10-23-41(44)48-40(26-16-29-46(48)55)35-31-33-39(34-32-35)54-58-52(37-19-6-2-7-20-37)57-53(59-54)38-21-8-3-9-22-38/h1-34H. The van der Waals surface area contributed by atoms with E-state index >= 15 is 0 Å². The third-order valence-corrected chi connectivity index (χ3v) is 12.1. The van der Waals surface area contributed by atoms with Crippen molar-refractivity contribution in [3.8, 4) is 78.8 Å². The number of hydrogen-bond donors (Lipinski definition) is 0. The maximum absolute atomic E-state index is 5.41. The van der Waals surface area contributed by atoms with Crippen LogP contribution in [0.2, 0.25) is 0 Å². The Labute approximate surface area is 342 Å². The van der Waals surface area contributed by atoms with Gasteiger partial charge in [-0.3, -0.25) is 0 Å². The van der Waals surface area contributed by atoms with E-state index in [1.165, 1.54) is 55.5 Å². The second-order valence-electron chi connectivity index (χ2n) is 15.3. The summed E-state index contributed by atoms with van der Waals surface area (Å²) in [6.45, 7) is 0. The van der Waals surface area contributed by atoms with Crippen LogP contribution < -0.4 is 0 Å². The molecule has 0 saturated carbocycles. The molecule has 1 spiro atoms. The summed E-state index contributed by atoms with van der Waals surface area (Å²) in [4.78, 5) is 20.3. The molecule has 10 aromatic rings. The Kier molecular flexibility index (Phi) is 7.41. The summed E-state index contributed by atoms with van der Waals surface area (Å²) in [5, 5.41) is 1.18. The molecule has 2 aliphatic rings. The number of rotatable bonds is 5. The molecule has 2 heterocycles. The molecule has 0 N–H and O–H groups in total. The van der Waals surface area contributed by atoms with Gasteiger partial charge in [0.15, 0.2) is 17.5 Å². The van der Waals surface area contributed by atoms with Crippen molar-refractivity contribution >= 4 is 10.9 Å². The lowest BCUT2D eigenvalue weighted by Crippen LogP contribution is -2.26. The van der Waals surface area contributed by atoms with E-state index < -0.39 is 5.41 Å². The van der Waals surface area contributed by atoms with Gasteiger partial charge in [0.2, 0.25) is 0 Å². The zero-order valence-corrected chi connectivity index (χ0v) is 31.9. The van der Waals surface area contributed by atoms with Crippen molar-refractivity contribution in [2.45, 2.75) is 5.41 Å². The van der Waals surface area contributed by atoms with Gasteiger partial charge in [-0.05, 0) is 56.1 Å². The van der Waals surface area contributed by atoms with Crippen molar-refractivity contribution < 1.29 is 0 Å². The summed E-state index contributed by atoms with van der Waals surface area (Å²) in [5.74, 6) is 1.94. The number of aromatic nitrogens is 4. The Morgan fingerprint density at radius 2 is 0.729 bits per heavy atom. The van der Waals surface area contributed by atoms with E-state index in [9.17, 15) is 0 Å². The van der Waals surface area contributed by atoms with Crippen molar-refractivity contribution in [3.05, 3.63) is 229 Å². The molecule has 4 nitrogen and oxygen atoms in total. The topological polar surface area (TPSA) is 51.6 Å². The molecule has 2 aliphatic carbocycles. The molecule has 0 radical (unpaired) electrons. The van der Waals surface area contributed by atoms with Gasteiger partial charge in [-0.15, -0.1) is 0 Å². The molecule has 2 aromatic heterocycles. The first-order chi connectivity index (χ1) is 29.3. The second-order valence-corrected chi connectivity index (χ2v) is 15.3. The summed E-state index contributed by atoms with van der Waals surface area (Å²) in [7, 11) is 0. The van der Waals surface area contributed by atoms with E-state index in [0.29, 0.717) is 17.5 Å². The van der Waals surface area contributed by atoms with Gasteiger partial charge in [0.25, 0.3) is 0 Å². The van der Waals surface area contributed by atoms with Crippen LogP contribution >= 0.6 is 0 Å². The Bertz CT molecular complexity index is 3190. The molecule has 0 fully saturated rings. The van der Waals surface area contributed by atoms with Gasteiger partial charge in [0.05, 0.1) is 16.6 Å².